The second-order valence-corrected chi connectivity index (χ2v) is 6.52. The van der Waals surface area contributed by atoms with Crippen molar-refractivity contribution in [2.75, 3.05) is 13.6 Å². The lowest BCUT2D eigenvalue weighted by atomic mass is 10.00. The van der Waals surface area contributed by atoms with Gasteiger partial charge in [0.1, 0.15) is 11.4 Å². The molecule has 0 aliphatic heterocycles. The molecule has 1 unspecified atom stereocenters. The molecular formula is C13H20BrFN2O2. The zero-order valence-corrected chi connectivity index (χ0v) is 13.3. The molecule has 1 amide bonds. The van der Waals surface area contributed by atoms with Gasteiger partial charge in [0.2, 0.25) is 0 Å². The smallest absolute Gasteiger partial charge is 0.422 e. The van der Waals surface area contributed by atoms with Crippen LogP contribution in [0, 0.1) is 5.92 Å². The summed E-state index contributed by atoms with van der Waals surface area (Å²) in [5, 5.41) is 1.61. The van der Waals surface area contributed by atoms with Crippen molar-refractivity contribution in [3.8, 4) is 0 Å². The first-order chi connectivity index (χ1) is 8.65. The Bertz CT molecular complexity index is 402. The summed E-state index contributed by atoms with van der Waals surface area (Å²) in [6.45, 7) is 5.91. The third-order valence-electron chi connectivity index (χ3n) is 2.34. The fourth-order valence-electron chi connectivity index (χ4n) is 1.76. The number of allylic oxidation sites excluding steroid dienone is 3. The van der Waals surface area contributed by atoms with Gasteiger partial charge in [-0.25, -0.2) is 14.2 Å². The molecule has 0 aromatic heterocycles. The number of halogens is 2. The maximum Gasteiger partial charge on any atom is 0.422 e. The average Bonchev–Trinajstić information content (AvgIpc) is 2.10. The molecule has 0 heterocycles. The van der Waals surface area contributed by atoms with E-state index in [1.54, 1.807) is 32.8 Å². The van der Waals surface area contributed by atoms with E-state index in [2.05, 4.69) is 21.4 Å². The predicted molar refractivity (Wildman–Crippen MR) is 76.3 cm³/mol. The van der Waals surface area contributed by atoms with E-state index in [4.69, 9.17) is 4.74 Å². The Morgan fingerprint density at radius 2 is 2.26 bits per heavy atom. The first-order valence-corrected chi connectivity index (χ1v) is 6.89. The Balaban J connectivity index is 2.42. The summed E-state index contributed by atoms with van der Waals surface area (Å²) in [4.78, 5) is 11.6. The van der Waals surface area contributed by atoms with Crippen LogP contribution in [-0.4, -0.2) is 30.3 Å². The highest BCUT2D eigenvalue weighted by Crippen LogP contribution is 2.26. The van der Waals surface area contributed by atoms with Gasteiger partial charge < -0.3 is 4.74 Å². The maximum atomic E-state index is 13.3. The van der Waals surface area contributed by atoms with E-state index in [1.807, 2.05) is 6.08 Å². The Labute approximate surface area is 121 Å². The van der Waals surface area contributed by atoms with Gasteiger partial charge in [-0.3, -0.25) is 5.43 Å². The summed E-state index contributed by atoms with van der Waals surface area (Å²) in [5.74, 6) is -0.149. The number of amides is 1. The second kappa shape index (κ2) is 6.52. The third kappa shape index (κ3) is 6.73. The molecule has 0 aromatic rings. The van der Waals surface area contributed by atoms with Crippen molar-refractivity contribution in [2.45, 2.75) is 32.8 Å². The van der Waals surface area contributed by atoms with Crippen LogP contribution in [0.25, 0.3) is 0 Å². The number of hydrazine groups is 1. The summed E-state index contributed by atoms with van der Waals surface area (Å²) in [7, 11) is 1.72. The van der Waals surface area contributed by atoms with Gasteiger partial charge in [0.15, 0.2) is 0 Å². The molecule has 0 saturated carbocycles. The molecule has 1 atom stereocenters. The first-order valence-electron chi connectivity index (χ1n) is 6.10. The quantitative estimate of drug-likeness (QED) is 0.803. The minimum atomic E-state index is -0.534. The van der Waals surface area contributed by atoms with Crippen LogP contribution in [-0.2, 0) is 4.74 Å². The van der Waals surface area contributed by atoms with Crippen molar-refractivity contribution in [3.63, 3.8) is 0 Å². The van der Waals surface area contributed by atoms with Crippen molar-refractivity contribution in [3.05, 3.63) is 22.5 Å². The van der Waals surface area contributed by atoms with Gasteiger partial charge in [0.25, 0.3) is 0 Å². The number of nitrogens with one attached hydrogen (secondary N) is 1. The van der Waals surface area contributed by atoms with E-state index in [0.717, 1.165) is 4.48 Å². The van der Waals surface area contributed by atoms with Crippen LogP contribution >= 0.6 is 15.9 Å². The van der Waals surface area contributed by atoms with Crippen LogP contribution in [0.5, 0.6) is 0 Å². The van der Waals surface area contributed by atoms with E-state index in [-0.39, 0.29) is 11.7 Å². The molecule has 108 valence electrons. The largest absolute Gasteiger partial charge is 0.443 e. The first kappa shape index (κ1) is 16.2. The van der Waals surface area contributed by atoms with Gasteiger partial charge >= 0.3 is 6.09 Å². The monoisotopic (exact) mass is 334 g/mol. The van der Waals surface area contributed by atoms with Gasteiger partial charge in [-0.1, -0.05) is 22.0 Å². The van der Waals surface area contributed by atoms with Crippen molar-refractivity contribution in [2.24, 2.45) is 5.92 Å². The normalized spacial score (nSPS) is 19.8. The molecule has 0 aromatic carbocycles. The van der Waals surface area contributed by atoms with Gasteiger partial charge in [0.05, 0.1) is 0 Å². The van der Waals surface area contributed by atoms with Crippen molar-refractivity contribution in [1.29, 1.82) is 0 Å². The molecule has 6 heteroatoms. The summed E-state index contributed by atoms with van der Waals surface area (Å²) in [6, 6.07) is 0. The van der Waals surface area contributed by atoms with Gasteiger partial charge in [-0.15, -0.1) is 0 Å². The summed E-state index contributed by atoms with van der Waals surface area (Å²) in [5.41, 5.74) is 2.06. The second-order valence-electron chi connectivity index (χ2n) is 5.60. The van der Waals surface area contributed by atoms with E-state index in [9.17, 15) is 9.18 Å². The molecule has 0 spiro atoms. The number of carbonyl (C=O) groups excluding carboxylic acids is 1. The van der Waals surface area contributed by atoms with Crippen molar-refractivity contribution < 1.29 is 13.9 Å². The molecule has 1 aliphatic rings. The summed E-state index contributed by atoms with van der Waals surface area (Å²) >= 11 is 3.26. The zero-order chi connectivity index (χ0) is 14.6. The van der Waals surface area contributed by atoms with E-state index < -0.39 is 11.7 Å². The highest BCUT2D eigenvalue weighted by molar-refractivity contribution is 9.11. The zero-order valence-electron chi connectivity index (χ0n) is 11.7. The predicted octanol–water partition coefficient (Wildman–Crippen LogP) is 3.51. The molecular weight excluding hydrogens is 315 g/mol. The molecule has 4 nitrogen and oxygen atoms in total. The highest BCUT2D eigenvalue weighted by atomic mass is 79.9. The van der Waals surface area contributed by atoms with Crippen molar-refractivity contribution in [1.82, 2.24) is 10.4 Å². The molecule has 1 aliphatic carbocycles. The Morgan fingerprint density at radius 3 is 2.79 bits per heavy atom. The topological polar surface area (TPSA) is 41.6 Å². The van der Waals surface area contributed by atoms with E-state index >= 15 is 0 Å². The number of rotatable bonds is 3. The van der Waals surface area contributed by atoms with E-state index in [0.29, 0.717) is 13.0 Å². The lowest BCUT2D eigenvalue weighted by Gasteiger charge is -2.26. The van der Waals surface area contributed by atoms with Gasteiger partial charge in [0, 0.05) is 24.5 Å². The van der Waals surface area contributed by atoms with Gasteiger partial charge in [-0.05, 0) is 32.8 Å². The lowest BCUT2D eigenvalue weighted by Crippen LogP contribution is -2.44. The number of nitrogens with zero attached hydrogens (tertiary/aromatic N) is 1. The van der Waals surface area contributed by atoms with Crippen LogP contribution in [0.3, 0.4) is 0 Å². The Kier molecular flexibility index (Phi) is 5.55. The summed E-state index contributed by atoms with van der Waals surface area (Å²) in [6.07, 6.45) is 3.22. The molecule has 0 fully saturated rings. The van der Waals surface area contributed by atoms with Crippen LogP contribution in [0.2, 0.25) is 0 Å². The molecule has 19 heavy (non-hydrogen) atoms. The fraction of sp³-hybridized carbons (Fsp3) is 0.615. The average molecular weight is 335 g/mol. The number of ether oxygens (including phenoxy) is 1. The molecule has 1 N–H and O–H groups in total. The number of carbonyl (C=O) groups is 1. The fourth-order valence-corrected chi connectivity index (χ4v) is 2.38. The maximum absolute atomic E-state index is 13.3. The standard InChI is InChI=1S/C13H20BrFN2O2/c1-13(2,3)19-12(18)16-17(4)8-9-5-10(14)7-11(15)6-9/h5,7,9H,6,8H2,1-4H3,(H,16,18). The van der Waals surface area contributed by atoms with Crippen molar-refractivity contribution >= 4 is 22.0 Å². The van der Waals surface area contributed by atoms with Crippen LogP contribution in [0.15, 0.2) is 22.5 Å². The minimum Gasteiger partial charge on any atom is -0.443 e. The number of hydrogen-bond acceptors (Lipinski definition) is 3. The molecule has 1 rings (SSSR count). The van der Waals surface area contributed by atoms with Crippen LogP contribution in [0.4, 0.5) is 9.18 Å². The van der Waals surface area contributed by atoms with Crippen LogP contribution in [0.1, 0.15) is 27.2 Å². The minimum absolute atomic E-state index is 0.0133. The molecule has 0 radical (unpaired) electrons. The van der Waals surface area contributed by atoms with Gasteiger partial charge in [-0.2, -0.15) is 0 Å². The Morgan fingerprint density at radius 1 is 1.63 bits per heavy atom. The SMILES string of the molecule is CN(CC1C=C(Br)C=C(F)C1)NC(=O)OC(C)(C)C. The Hall–Kier alpha value is -0.880. The lowest BCUT2D eigenvalue weighted by molar-refractivity contribution is 0.0356. The molecule has 0 saturated heterocycles. The number of hydrogen-bond donors (Lipinski definition) is 1. The van der Waals surface area contributed by atoms with E-state index in [1.165, 1.54) is 6.08 Å². The summed E-state index contributed by atoms with van der Waals surface area (Å²) < 4.78 is 19.1. The third-order valence-corrected chi connectivity index (χ3v) is 2.83. The highest BCUT2D eigenvalue weighted by Gasteiger charge is 2.20. The molecule has 0 bridgehead atoms. The van der Waals surface area contributed by atoms with Crippen LogP contribution < -0.4 is 5.43 Å².